The maximum absolute atomic E-state index is 11.6. The normalized spacial score (nSPS) is 12.3. The monoisotopic (exact) mass is 273 g/mol. The van der Waals surface area contributed by atoms with Crippen molar-refractivity contribution in [2.75, 3.05) is 19.8 Å². The lowest BCUT2D eigenvalue weighted by atomic mass is 9.94. The summed E-state index contributed by atoms with van der Waals surface area (Å²) in [6.45, 7) is 6.87. The van der Waals surface area contributed by atoms with Crippen molar-refractivity contribution in [3.8, 4) is 0 Å². The van der Waals surface area contributed by atoms with Crippen LogP contribution in [0.4, 0.5) is 0 Å². The third-order valence-electron chi connectivity index (χ3n) is 2.70. The fourth-order valence-corrected chi connectivity index (χ4v) is 1.83. The van der Waals surface area contributed by atoms with E-state index < -0.39 is 0 Å². The Morgan fingerprint density at radius 1 is 1.11 bits per heavy atom. The molecule has 0 aromatic carbocycles. The third kappa shape index (κ3) is 11.7. The second-order valence-electron chi connectivity index (χ2n) is 5.20. The highest BCUT2D eigenvalue weighted by Gasteiger charge is 2.14. The van der Waals surface area contributed by atoms with Crippen LogP contribution in [0.1, 0.15) is 46.5 Å². The smallest absolute Gasteiger partial charge is 0.306 e. The molecule has 0 aromatic rings. The standard InChI is InChI=1S/C14H27NO4/c1-11(2)8-13(10-15)9-14(17)19-7-5-4-6-18-12(3)16/h11,13H,4-10,15H2,1-3H3/t13-/m0/s1. The van der Waals surface area contributed by atoms with Crippen LogP contribution in [-0.4, -0.2) is 31.7 Å². The van der Waals surface area contributed by atoms with Gasteiger partial charge in [0.1, 0.15) is 0 Å². The first-order valence-corrected chi connectivity index (χ1v) is 6.94. The van der Waals surface area contributed by atoms with E-state index in [1.165, 1.54) is 6.92 Å². The van der Waals surface area contributed by atoms with E-state index in [2.05, 4.69) is 13.8 Å². The molecule has 0 heterocycles. The van der Waals surface area contributed by atoms with Crippen LogP contribution in [0.2, 0.25) is 0 Å². The molecule has 0 aliphatic carbocycles. The Hall–Kier alpha value is -1.10. The summed E-state index contributed by atoms with van der Waals surface area (Å²) in [4.78, 5) is 22.1. The summed E-state index contributed by atoms with van der Waals surface area (Å²) in [6, 6.07) is 0. The topological polar surface area (TPSA) is 78.6 Å². The van der Waals surface area contributed by atoms with Gasteiger partial charge in [0.25, 0.3) is 0 Å². The first-order valence-electron chi connectivity index (χ1n) is 6.94. The molecule has 0 unspecified atom stereocenters. The highest BCUT2D eigenvalue weighted by molar-refractivity contribution is 5.69. The summed E-state index contributed by atoms with van der Waals surface area (Å²) in [5.41, 5.74) is 5.64. The van der Waals surface area contributed by atoms with Gasteiger partial charge in [0.05, 0.1) is 13.2 Å². The van der Waals surface area contributed by atoms with E-state index in [0.29, 0.717) is 44.9 Å². The lowest BCUT2D eigenvalue weighted by Gasteiger charge is -2.16. The van der Waals surface area contributed by atoms with Crippen LogP contribution in [0.15, 0.2) is 0 Å². The Balaban J connectivity index is 3.60. The lowest BCUT2D eigenvalue weighted by Crippen LogP contribution is -2.21. The molecule has 0 spiro atoms. The Morgan fingerprint density at radius 2 is 1.68 bits per heavy atom. The molecule has 0 aliphatic rings. The van der Waals surface area contributed by atoms with Crippen molar-refractivity contribution < 1.29 is 19.1 Å². The Kier molecular flexibility index (Phi) is 10.2. The van der Waals surface area contributed by atoms with Crippen LogP contribution in [0, 0.1) is 11.8 Å². The molecule has 5 heteroatoms. The first-order chi connectivity index (χ1) is 8.95. The van der Waals surface area contributed by atoms with Gasteiger partial charge in [-0.05, 0) is 37.6 Å². The summed E-state index contributed by atoms with van der Waals surface area (Å²) >= 11 is 0. The highest BCUT2D eigenvalue weighted by Crippen LogP contribution is 2.14. The molecule has 0 rings (SSSR count). The molecule has 2 N–H and O–H groups in total. The zero-order valence-electron chi connectivity index (χ0n) is 12.3. The number of carbonyl (C=O) groups is 2. The third-order valence-corrected chi connectivity index (χ3v) is 2.70. The van der Waals surface area contributed by atoms with E-state index in [1.807, 2.05) is 0 Å². The molecule has 0 radical (unpaired) electrons. The summed E-state index contributed by atoms with van der Waals surface area (Å²) in [5.74, 6) is 0.263. The zero-order valence-corrected chi connectivity index (χ0v) is 12.3. The fourth-order valence-electron chi connectivity index (χ4n) is 1.83. The number of ether oxygens (including phenoxy) is 2. The summed E-state index contributed by atoms with van der Waals surface area (Å²) < 4.78 is 9.91. The van der Waals surface area contributed by atoms with Crippen molar-refractivity contribution in [1.82, 2.24) is 0 Å². The molecule has 0 aliphatic heterocycles. The van der Waals surface area contributed by atoms with Crippen molar-refractivity contribution in [3.63, 3.8) is 0 Å². The van der Waals surface area contributed by atoms with Crippen LogP contribution in [-0.2, 0) is 19.1 Å². The predicted octanol–water partition coefficient (Wildman–Crippen LogP) is 1.88. The number of nitrogens with two attached hydrogens (primary N) is 1. The fraction of sp³-hybridized carbons (Fsp3) is 0.857. The van der Waals surface area contributed by atoms with E-state index in [4.69, 9.17) is 15.2 Å². The molecule has 112 valence electrons. The second kappa shape index (κ2) is 10.8. The van der Waals surface area contributed by atoms with Crippen LogP contribution >= 0.6 is 0 Å². The molecule has 0 saturated carbocycles. The minimum Gasteiger partial charge on any atom is -0.466 e. The molecule has 5 nitrogen and oxygen atoms in total. The first kappa shape index (κ1) is 17.9. The van der Waals surface area contributed by atoms with Gasteiger partial charge in [0, 0.05) is 13.3 Å². The van der Waals surface area contributed by atoms with Gasteiger partial charge in [-0.2, -0.15) is 0 Å². The maximum atomic E-state index is 11.6. The predicted molar refractivity (Wildman–Crippen MR) is 73.4 cm³/mol. The molecular formula is C14H27NO4. The number of carbonyl (C=O) groups excluding carboxylic acids is 2. The molecule has 0 fully saturated rings. The average molecular weight is 273 g/mol. The van der Waals surface area contributed by atoms with E-state index >= 15 is 0 Å². The molecule has 0 aromatic heterocycles. The molecule has 19 heavy (non-hydrogen) atoms. The zero-order chi connectivity index (χ0) is 14.7. The number of esters is 2. The molecule has 0 bridgehead atoms. The van der Waals surface area contributed by atoms with Crippen molar-refractivity contribution in [2.45, 2.75) is 46.5 Å². The van der Waals surface area contributed by atoms with Crippen molar-refractivity contribution in [1.29, 1.82) is 0 Å². The SMILES string of the molecule is CC(=O)OCCCCOC(=O)C[C@@H](CN)CC(C)C. The molecule has 0 amide bonds. The van der Waals surface area contributed by atoms with Gasteiger partial charge in [-0.3, -0.25) is 9.59 Å². The number of rotatable bonds is 10. The van der Waals surface area contributed by atoms with Gasteiger partial charge in [0.15, 0.2) is 0 Å². The summed E-state index contributed by atoms with van der Waals surface area (Å²) in [5, 5.41) is 0. The Bertz CT molecular complexity index is 266. The molecular weight excluding hydrogens is 246 g/mol. The maximum Gasteiger partial charge on any atom is 0.306 e. The summed E-state index contributed by atoms with van der Waals surface area (Å²) in [6.07, 6.45) is 2.74. The Morgan fingerprint density at radius 3 is 2.16 bits per heavy atom. The van der Waals surface area contributed by atoms with Gasteiger partial charge in [0.2, 0.25) is 0 Å². The Labute approximate surface area is 115 Å². The van der Waals surface area contributed by atoms with Gasteiger partial charge in [-0.1, -0.05) is 13.8 Å². The van der Waals surface area contributed by atoms with Crippen LogP contribution in [0.25, 0.3) is 0 Å². The van der Waals surface area contributed by atoms with Crippen LogP contribution < -0.4 is 5.73 Å². The quantitative estimate of drug-likeness (QED) is 0.485. The largest absolute Gasteiger partial charge is 0.466 e. The van der Waals surface area contributed by atoms with Crippen molar-refractivity contribution in [3.05, 3.63) is 0 Å². The van der Waals surface area contributed by atoms with E-state index in [1.54, 1.807) is 0 Å². The lowest BCUT2D eigenvalue weighted by molar-refractivity contribution is -0.146. The van der Waals surface area contributed by atoms with Crippen LogP contribution in [0.5, 0.6) is 0 Å². The van der Waals surface area contributed by atoms with Crippen molar-refractivity contribution >= 4 is 11.9 Å². The summed E-state index contributed by atoms with van der Waals surface area (Å²) in [7, 11) is 0. The van der Waals surface area contributed by atoms with Gasteiger partial charge in [-0.25, -0.2) is 0 Å². The number of hydrogen-bond acceptors (Lipinski definition) is 5. The van der Waals surface area contributed by atoms with Crippen LogP contribution in [0.3, 0.4) is 0 Å². The van der Waals surface area contributed by atoms with E-state index in [0.717, 1.165) is 6.42 Å². The van der Waals surface area contributed by atoms with E-state index in [9.17, 15) is 9.59 Å². The molecule has 0 saturated heterocycles. The number of hydrogen-bond donors (Lipinski definition) is 1. The minimum absolute atomic E-state index is 0.191. The van der Waals surface area contributed by atoms with E-state index in [-0.39, 0.29) is 17.9 Å². The molecule has 1 atom stereocenters. The highest BCUT2D eigenvalue weighted by atomic mass is 16.5. The second-order valence-corrected chi connectivity index (χ2v) is 5.20. The number of unbranched alkanes of at least 4 members (excludes halogenated alkanes) is 1. The average Bonchev–Trinajstić information content (AvgIpc) is 2.31. The van der Waals surface area contributed by atoms with Crippen molar-refractivity contribution in [2.24, 2.45) is 17.6 Å². The minimum atomic E-state index is -0.281. The van der Waals surface area contributed by atoms with Gasteiger partial charge < -0.3 is 15.2 Å². The van der Waals surface area contributed by atoms with Gasteiger partial charge >= 0.3 is 11.9 Å². The van der Waals surface area contributed by atoms with Gasteiger partial charge in [-0.15, -0.1) is 0 Å².